The first-order valence-electron chi connectivity index (χ1n) is 4.51. The van der Waals surface area contributed by atoms with Crippen LogP contribution in [0.4, 0.5) is 0 Å². The molecule has 2 aromatic heterocycles. The first kappa shape index (κ1) is 10.7. The van der Waals surface area contributed by atoms with Crippen molar-refractivity contribution in [3.05, 3.63) is 24.2 Å². The van der Waals surface area contributed by atoms with Crippen molar-refractivity contribution in [2.24, 2.45) is 0 Å². The predicted molar refractivity (Wildman–Crippen MR) is 57.9 cm³/mol. The fourth-order valence-electron chi connectivity index (χ4n) is 1.12. The Labute approximate surface area is 95.1 Å². The molecule has 0 radical (unpaired) electrons. The van der Waals surface area contributed by atoms with E-state index in [1.807, 2.05) is 12.1 Å². The standard InChI is InChI=1S/C9H9N3O3S/c13-8(14)5-16-4-7-11-9(12-15-7)6-2-1-3-10-6/h1-3,10H,4-5H2,(H,13,14). The zero-order chi connectivity index (χ0) is 11.4. The summed E-state index contributed by atoms with van der Waals surface area (Å²) in [5.74, 6) is 0.487. The van der Waals surface area contributed by atoms with Gasteiger partial charge in [-0.15, -0.1) is 11.8 Å². The van der Waals surface area contributed by atoms with Crippen LogP contribution in [0.15, 0.2) is 22.9 Å². The third-order valence-corrected chi connectivity index (χ3v) is 2.66. The highest BCUT2D eigenvalue weighted by atomic mass is 32.2. The van der Waals surface area contributed by atoms with Gasteiger partial charge in [0.05, 0.1) is 17.2 Å². The van der Waals surface area contributed by atoms with Gasteiger partial charge in [-0.25, -0.2) is 0 Å². The van der Waals surface area contributed by atoms with Gasteiger partial charge in [-0.3, -0.25) is 4.79 Å². The SMILES string of the molecule is O=C(O)CSCc1nc(-c2ccc[nH]2)no1. The normalized spacial score (nSPS) is 10.5. The molecule has 0 atom stereocenters. The Hall–Kier alpha value is -1.76. The highest BCUT2D eigenvalue weighted by molar-refractivity contribution is 7.99. The van der Waals surface area contributed by atoms with Crippen molar-refractivity contribution in [1.29, 1.82) is 0 Å². The van der Waals surface area contributed by atoms with E-state index in [1.54, 1.807) is 6.20 Å². The average molecular weight is 239 g/mol. The second kappa shape index (κ2) is 4.84. The van der Waals surface area contributed by atoms with Crippen molar-refractivity contribution in [3.8, 4) is 11.5 Å². The number of carboxylic acids is 1. The van der Waals surface area contributed by atoms with E-state index in [0.717, 1.165) is 5.69 Å². The second-order valence-electron chi connectivity index (χ2n) is 2.98. The molecule has 2 rings (SSSR count). The number of carboxylic acid groups (broad SMARTS) is 1. The molecule has 0 spiro atoms. The highest BCUT2D eigenvalue weighted by Crippen LogP contribution is 2.15. The number of carbonyl (C=O) groups is 1. The van der Waals surface area contributed by atoms with Gasteiger partial charge in [0.1, 0.15) is 0 Å². The lowest BCUT2D eigenvalue weighted by Crippen LogP contribution is -1.98. The van der Waals surface area contributed by atoms with Crippen molar-refractivity contribution in [3.63, 3.8) is 0 Å². The van der Waals surface area contributed by atoms with Gasteiger partial charge in [0.15, 0.2) is 0 Å². The molecule has 0 saturated heterocycles. The number of rotatable bonds is 5. The average Bonchev–Trinajstić information content (AvgIpc) is 2.85. The van der Waals surface area contributed by atoms with Gasteiger partial charge >= 0.3 is 5.97 Å². The Morgan fingerprint density at radius 3 is 3.19 bits per heavy atom. The molecule has 0 aliphatic carbocycles. The van der Waals surface area contributed by atoms with Crippen LogP contribution in [0.1, 0.15) is 5.89 Å². The number of nitrogens with one attached hydrogen (secondary N) is 1. The van der Waals surface area contributed by atoms with E-state index in [9.17, 15) is 4.79 Å². The summed E-state index contributed by atoms with van der Waals surface area (Å²) in [6.45, 7) is 0. The summed E-state index contributed by atoms with van der Waals surface area (Å²) >= 11 is 1.22. The van der Waals surface area contributed by atoms with E-state index in [0.29, 0.717) is 17.5 Å². The molecule has 6 nitrogen and oxygen atoms in total. The molecule has 84 valence electrons. The van der Waals surface area contributed by atoms with E-state index in [4.69, 9.17) is 9.63 Å². The Balaban J connectivity index is 1.95. The monoisotopic (exact) mass is 239 g/mol. The quantitative estimate of drug-likeness (QED) is 0.819. The maximum absolute atomic E-state index is 10.3. The molecule has 0 unspecified atom stereocenters. The lowest BCUT2D eigenvalue weighted by molar-refractivity contribution is -0.133. The molecule has 0 aliphatic heterocycles. The summed E-state index contributed by atoms with van der Waals surface area (Å²) in [7, 11) is 0. The van der Waals surface area contributed by atoms with Crippen molar-refractivity contribution in [1.82, 2.24) is 15.1 Å². The molecule has 0 aromatic carbocycles. The zero-order valence-electron chi connectivity index (χ0n) is 8.21. The lowest BCUT2D eigenvalue weighted by Gasteiger charge is -1.90. The van der Waals surface area contributed by atoms with E-state index < -0.39 is 5.97 Å². The van der Waals surface area contributed by atoms with Crippen LogP contribution in [0.5, 0.6) is 0 Å². The van der Waals surface area contributed by atoms with Crippen LogP contribution in [0.3, 0.4) is 0 Å². The number of hydrogen-bond donors (Lipinski definition) is 2. The molecule has 2 aromatic rings. The van der Waals surface area contributed by atoms with Gasteiger partial charge in [0.25, 0.3) is 0 Å². The molecule has 0 saturated carbocycles. The summed E-state index contributed by atoms with van der Waals surface area (Å²) in [6.07, 6.45) is 1.77. The Morgan fingerprint density at radius 2 is 2.50 bits per heavy atom. The van der Waals surface area contributed by atoms with Gasteiger partial charge in [0.2, 0.25) is 11.7 Å². The maximum atomic E-state index is 10.3. The number of thioether (sulfide) groups is 1. The Kier molecular flexibility index (Phi) is 3.25. The van der Waals surface area contributed by atoms with E-state index >= 15 is 0 Å². The smallest absolute Gasteiger partial charge is 0.313 e. The largest absolute Gasteiger partial charge is 0.481 e. The number of H-pyrrole nitrogens is 1. The molecule has 7 heteroatoms. The van der Waals surface area contributed by atoms with Crippen molar-refractivity contribution >= 4 is 17.7 Å². The topological polar surface area (TPSA) is 92.0 Å². The molecule has 0 aliphatic rings. The fourth-order valence-corrected chi connectivity index (χ4v) is 1.69. The first-order valence-corrected chi connectivity index (χ1v) is 5.67. The minimum atomic E-state index is -0.853. The van der Waals surface area contributed by atoms with Crippen molar-refractivity contribution in [2.45, 2.75) is 5.75 Å². The third kappa shape index (κ3) is 2.63. The van der Waals surface area contributed by atoms with Gasteiger partial charge in [-0.1, -0.05) is 5.16 Å². The van der Waals surface area contributed by atoms with E-state index in [-0.39, 0.29) is 5.75 Å². The maximum Gasteiger partial charge on any atom is 0.313 e. The molecular formula is C9H9N3O3S. The molecule has 0 amide bonds. The number of aliphatic carboxylic acids is 1. The minimum Gasteiger partial charge on any atom is -0.481 e. The molecule has 16 heavy (non-hydrogen) atoms. The summed E-state index contributed by atoms with van der Waals surface area (Å²) in [5, 5.41) is 12.2. The summed E-state index contributed by atoms with van der Waals surface area (Å²) in [6, 6.07) is 3.67. The predicted octanol–water partition coefficient (Wildman–Crippen LogP) is 1.38. The molecule has 2 heterocycles. The van der Waals surface area contributed by atoms with E-state index in [2.05, 4.69) is 15.1 Å². The van der Waals surface area contributed by atoms with Crippen molar-refractivity contribution in [2.75, 3.05) is 5.75 Å². The first-order chi connectivity index (χ1) is 7.75. The summed E-state index contributed by atoms with van der Waals surface area (Å²) in [5.41, 5.74) is 0.776. The van der Waals surface area contributed by atoms with Crippen LogP contribution in [-0.4, -0.2) is 32.0 Å². The van der Waals surface area contributed by atoms with Crippen LogP contribution >= 0.6 is 11.8 Å². The van der Waals surface area contributed by atoms with Gasteiger partial charge in [-0.2, -0.15) is 4.98 Å². The number of nitrogens with zero attached hydrogens (tertiary/aromatic N) is 2. The molecular weight excluding hydrogens is 230 g/mol. The highest BCUT2D eigenvalue weighted by Gasteiger charge is 2.09. The van der Waals surface area contributed by atoms with Crippen LogP contribution in [0, 0.1) is 0 Å². The Bertz CT molecular complexity index is 466. The zero-order valence-corrected chi connectivity index (χ0v) is 9.03. The number of aromatic nitrogens is 3. The van der Waals surface area contributed by atoms with E-state index in [1.165, 1.54) is 11.8 Å². The second-order valence-corrected chi connectivity index (χ2v) is 3.97. The molecule has 2 N–H and O–H groups in total. The fraction of sp³-hybridized carbons (Fsp3) is 0.222. The van der Waals surface area contributed by atoms with Crippen LogP contribution in [0.2, 0.25) is 0 Å². The molecule has 0 bridgehead atoms. The lowest BCUT2D eigenvalue weighted by atomic mass is 10.4. The minimum absolute atomic E-state index is 0.0280. The van der Waals surface area contributed by atoms with Gasteiger partial charge in [0, 0.05) is 6.20 Å². The van der Waals surface area contributed by atoms with Crippen molar-refractivity contribution < 1.29 is 14.4 Å². The van der Waals surface area contributed by atoms with Crippen LogP contribution in [0.25, 0.3) is 11.5 Å². The number of aromatic amines is 1. The van der Waals surface area contributed by atoms with Crippen LogP contribution in [-0.2, 0) is 10.5 Å². The van der Waals surface area contributed by atoms with Crippen LogP contribution < -0.4 is 0 Å². The summed E-state index contributed by atoms with van der Waals surface area (Å²) in [4.78, 5) is 17.4. The van der Waals surface area contributed by atoms with Gasteiger partial charge in [-0.05, 0) is 12.1 Å². The Morgan fingerprint density at radius 1 is 1.62 bits per heavy atom. The molecule has 0 fully saturated rings. The van der Waals surface area contributed by atoms with Gasteiger partial charge < -0.3 is 14.6 Å². The number of hydrogen-bond acceptors (Lipinski definition) is 5. The summed E-state index contributed by atoms with van der Waals surface area (Å²) < 4.78 is 4.98. The third-order valence-electron chi connectivity index (χ3n) is 1.76.